The summed E-state index contributed by atoms with van der Waals surface area (Å²) >= 11 is 2.89. The van der Waals surface area contributed by atoms with Crippen LogP contribution in [0.2, 0.25) is 0 Å². The third-order valence-electron chi connectivity index (χ3n) is 1.78. The number of hydrogen-bond acceptors (Lipinski definition) is 2. The maximum absolute atomic E-state index is 12.0. The van der Waals surface area contributed by atoms with Gasteiger partial charge in [-0.2, -0.15) is 0 Å². The van der Waals surface area contributed by atoms with Crippen molar-refractivity contribution in [3.63, 3.8) is 0 Å². The number of ether oxygens (including phenoxy) is 1. The molecule has 0 saturated carbocycles. The van der Waals surface area contributed by atoms with Crippen molar-refractivity contribution in [2.45, 2.75) is 12.8 Å². The molecule has 1 rings (SSSR count). The lowest BCUT2D eigenvalue weighted by molar-refractivity contribution is -0.274. The Bertz CT molecular complexity index is 464. The van der Waals surface area contributed by atoms with Crippen LogP contribution in [0.4, 0.5) is 22.0 Å². The minimum atomic E-state index is -4.91. The minimum absolute atomic E-state index is 0.149. The summed E-state index contributed by atoms with van der Waals surface area (Å²) < 4.78 is 63.6. The van der Waals surface area contributed by atoms with Crippen LogP contribution in [0.25, 0.3) is 0 Å². The van der Waals surface area contributed by atoms with Crippen molar-refractivity contribution in [2.24, 2.45) is 0 Å². The van der Waals surface area contributed by atoms with Gasteiger partial charge in [0.05, 0.1) is 6.54 Å². The Morgan fingerprint density at radius 1 is 1.32 bits per heavy atom. The van der Waals surface area contributed by atoms with Crippen LogP contribution in [-0.4, -0.2) is 25.2 Å². The van der Waals surface area contributed by atoms with Gasteiger partial charge in [-0.3, -0.25) is 4.79 Å². The van der Waals surface area contributed by atoms with E-state index in [0.29, 0.717) is 0 Å². The molecule has 0 heterocycles. The van der Waals surface area contributed by atoms with E-state index in [2.05, 4.69) is 20.7 Å². The molecule has 0 spiro atoms. The van der Waals surface area contributed by atoms with Gasteiger partial charge >= 0.3 is 6.36 Å². The summed E-state index contributed by atoms with van der Waals surface area (Å²) in [5.41, 5.74) is -0.228. The third-order valence-corrected chi connectivity index (χ3v) is 2.24. The van der Waals surface area contributed by atoms with E-state index in [9.17, 15) is 26.7 Å². The van der Waals surface area contributed by atoms with Crippen LogP contribution in [0, 0.1) is 0 Å². The maximum Gasteiger partial charge on any atom is 0.573 e. The molecule has 0 bridgehead atoms. The molecular weight excluding hydrogens is 341 g/mol. The predicted octanol–water partition coefficient (Wildman–Crippen LogP) is 3.34. The molecule has 0 saturated heterocycles. The fourth-order valence-electron chi connectivity index (χ4n) is 1.16. The number of nitrogens with one attached hydrogen (secondary N) is 1. The highest BCUT2D eigenvalue weighted by molar-refractivity contribution is 9.10. The molecule has 3 nitrogen and oxygen atoms in total. The molecule has 1 aromatic carbocycles. The van der Waals surface area contributed by atoms with Gasteiger partial charge in [-0.1, -0.05) is 15.9 Å². The van der Waals surface area contributed by atoms with Crippen molar-refractivity contribution in [1.29, 1.82) is 0 Å². The SMILES string of the molecule is O=C(NCC(F)F)c1cc(Br)cc(OC(F)(F)F)c1. The largest absolute Gasteiger partial charge is 0.573 e. The minimum Gasteiger partial charge on any atom is -0.406 e. The first kappa shape index (κ1) is 15.7. The van der Waals surface area contributed by atoms with Crippen molar-refractivity contribution in [1.82, 2.24) is 5.32 Å². The lowest BCUT2D eigenvalue weighted by Gasteiger charge is -2.11. The van der Waals surface area contributed by atoms with Crippen LogP contribution in [0.5, 0.6) is 5.75 Å². The zero-order valence-corrected chi connectivity index (χ0v) is 10.7. The van der Waals surface area contributed by atoms with Crippen LogP contribution in [0.15, 0.2) is 22.7 Å². The number of halogens is 6. The van der Waals surface area contributed by atoms with Crippen LogP contribution in [0.1, 0.15) is 10.4 Å². The van der Waals surface area contributed by atoms with Gasteiger partial charge < -0.3 is 10.1 Å². The molecule has 9 heteroatoms. The van der Waals surface area contributed by atoms with Crippen LogP contribution >= 0.6 is 15.9 Å². The zero-order chi connectivity index (χ0) is 14.6. The van der Waals surface area contributed by atoms with Crippen molar-refractivity contribution in [3.05, 3.63) is 28.2 Å². The summed E-state index contributed by atoms with van der Waals surface area (Å²) in [6.07, 6.45) is -7.65. The van der Waals surface area contributed by atoms with E-state index in [1.807, 2.05) is 5.32 Å². The molecule has 1 N–H and O–H groups in total. The number of amides is 1. The van der Waals surface area contributed by atoms with E-state index in [1.54, 1.807) is 0 Å². The predicted molar refractivity (Wildman–Crippen MR) is 59.2 cm³/mol. The van der Waals surface area contributed by atoms with Gasteiger partial charge in [-0.25, -0.2) is 8.78 Å². The van der Waals surface area contributed by atoms with E-state index in [4.69, 9.17) is 0 Å². The average molecular weight is 348 g/mol. The normalized spacial score (nSPS) is 11.5. The number of carbonyl (C=O) groups is 1. The highest BCUT2D eigenvalue weighted by atomic mass is 79.9. The lowest BCUT2D eigenvalue weighted by Crippen LogP contribution is -2.28. The van der Waals surface area contributed by atoms with E-state index in [1.165, 1.54) is 6.07 Å². The molecule has 1 aromatic rings. The van der Waals surface area contributed by atoms with Crippen molar-refractivity contribution in [3.8, 4) is 5.75 Å². The molecule has 106 valence electrons. The number of benzene rings is 1. The second-order valence-corrected chi connectivity index (χ2v) is 4.24. The summed E-state index contributed by atoms with van der Waals surface area (Å²) in [6.45, 7) is -0.888. The Balaban J connectivity index is 2.87. The molecule has 0 radical (unpaired) electrons. The molecule has 0 fully saturated rings. The monoisotopic (exact) mass is 347 g/mol. The number of carbonyl (C=O) groups excluding carboxylic acids is 1. The second-order valence-electron chi connectivity index (χ2n) is 3.32. The standard InChI is InChI=1S/C10H7BrF5NO2/c11-6-1-5(9(18)17-4-8(12)13)2-7(3-6)19-10(14,15)16/h1-3,8H,4H2,(H,17,18). The quantitative estimate of drug-likeness (QED) is 0.848. The van der Waals surface area contributed by atoms with Crippen LogP contribution < -0.4 is 10.1 Å². The van der Waals surface area contributed by atoms with E-state index in [-0.39, 0.29) is 10.0 Å². The highest BCUT2D eigenvalue weighted by Gasteiger charge is 2.31. The molecular formula is C10H7BrF5NO2. The van der Waals surface area contributed by atoms with Crippen LogP contribution in [-0.2, 0) is 0 Å². The summed E-state index contributed by atoms with van der Waals surface area (Å²) in [7, 11) is 0. The molecule has 0 aromatic heterocycles. The fourth-order valence-corrected chi connectivity index (χ4v) is 1.63. The second kappa shape index (κ2) is 6.18. The van der Waals surface area contributed by atoms with E-state index >= 15 is 0 Å². The molecule has 0 aliphatic heterocycles. The molecule has 0 aliphatic carbocycles. The van der Waals surface area contributed by atoms with Gasteiger partial charge in [0, 0.05) is 10.0 Å². The van der Waals surface area contributed by atoms with Gasteiger partial charge in [0.1, 0.15) is 5.75 Å². The third kappa shape index (κ3) is 5.86. The Kier molecular flexibility index (Phi) is 5.10. The summed E-state index contributed by atoms with van der Waals surface area (Å²) in [5.74, 6) is -1.54. The lowest BCUT2D eigenvalue weighted by atomic mass is 10.2. The van der Waals surface area contributed by atoms with Crippen LogP contribution in [0.3, 0.4) is 0 Å². The first-order chi connectivity index (χ1) is 8.67. The highest BCUT2D eigenvalue weighted by Crippen LogP contribution is 2.27. The Hall–Kier alpha value is -1.38. The van der Waals surface area contributed by atoms with Gasteiger partial charge in [-0.05, 0) is 18.2 Å². The summed E-state index contributed by atoms with van der Waals surface area (Å²) in [6, 6.07) is 2.99. The molecule has 0 aliphatic rings. The molecule has 19 heavy (non-hydrogen) atoms. The van der Waals surface area contributed by atoms with Crippen molar-refractivity contribution < 1.29 is 31.5 Å². The first-order valence-corrected chi connectivity index (χ1v) is 5.59. The van der Waals surface area contributed by atoms with Gasteiger partial charge in [0.15, 0.2) is 0 Å². The fraction of sp³-hybridized carbons (Fsp3) is 0.300. The van der Waals surface area contributed by atoms with E-state index < -0.39 is 31.0 Å². The van der Waals surface area contributed by atoms with Crippen molar-refractivity contribution >= 4 is 21.8 Å². The molecule has 1 amide bonds. The van der Waals surface area contributed by atoms with Gasteiger partial charge in [-0.15, -0.1) is 13.2 Å². The number of alkyl halides is 5. The molecule has 0 atom stereocenters. The smallest absolute Gasteiger partial charge is 0.406 e. The number of rotatable bonds is 4. The Labute approximate surface area is 112 Å². The number of hydrogen-bond donors (Lipinski definition) is 1. The van der Waals surface area contributed by atoms with Gasteiger partial charge in [0.2, 0.25) is 0 Å². The topological polar surface area (TPSA) is 38.3 Å². The Morgan fingerprint density at radius 3 is 2.47 bits per heavy atom. The molecule has 0 unspecified atom stereocenters. The summed E-state index contributed by atoms with van der Waals surface area (Å²) in [4.78, 5) is 11.4. The Morgan fingerprint density at radius 2 is 1.95 bits per heavy atom. The maximum atomic E-state index is 12.0. The average Bonchev–Trinajstić information content (AvgIpc) is 2.22. The van der Waals surface area contributed by atoms with Crippen molar-refractivity contribution in [2.75, 3.05) is 6.54 Å². The van der Waals surface area contributed by atoms with Gasteiger partial charge in [0.25, 0.3) is 12.3 Å². The van der Waals surface area contributed by atoms with E-state index in [0.717, 1.165) is 12.1 Å². The zero-order valence-electron chi connectivity index (χ0n) is 9.10. The first-order valence-electron chi connectivity index (χ1n) is 4.80. The summed E-state index contributed by atoms with van der Waals surface area (Å²) in [5, 5.41) is 1.87.